The summed E-state index contributed by atoms with van der Waals surface area (Å²) in [6.07, 6.45) is -3.19. The highest BCUT2D eigenvalue weighted by molar-refractivity contribution is 5.28. The first kappa shape index (κ1) is 15.9. The summed E-state index contributed by atoms with van der Waals surface area (Å²) in [7, 11) is 0. The molecule has 1 aromatic carbocycles. The van der Waals surface area contributed by atoms with Crippen molar-refractivity contribution in [2.45, 2.75) is 45.5 Å². The lowest BCUT2D eigenvalue weighted by atomic mass is 10.1. The Balaban J connectivity index is 2.92. The summed E-state index contributed by atoms with van der Waals surface area (Å²) < 4.78 is 64.1. The fraction of sp³-hybridized carbons (Fsp3) is 0.538. The van der Waals surface area contributed by atoms with Crippen LogP contribution in [0.4, 0.5) is 22.0 Å². The SMILES string of the molecule is CCC(CC)NCc1c(F)cc(C(F)(F)F)cc1F. The van der Waals surface area contributed by atoms with Crippen LogP contribution in [0.1, 0.15) is 37.8 Å². The highest BCUT2D eigenvalue weighted by Crippen LogP contribution is 2.31. The minimum Gasteiger partial charge on any atom is -0.310 e. The highest BCUT2D eigenvalue weighted by atomic mass is 19.4. The zero-order chi connectivity index (χ0) is 14.6. The Bertz CT molecular complexity index is 401. The Morgan fingerprint density at radius 2 is 1.53 bits per heavy atom. The van der Waals surface area contributed by atoms with Gasteiger partial charge in [-0.2, -0.15) is 13.2 Å². The number of alkyl halides is 3. The molecule has 0 aliphatic carbocycles. The van der Waals surface area contributed by atoms with Crippen LogP contribution in [0.2, 0.25) is 0 Å². The number of hydrogen-bond donors (Lipinski definition) is 1. The predicted octanol–water partition coefficient (Wildman–Crippen LogP) is 4.26. The number of rotatable bonds is 5. The molecule has 6 heteroatoms. The Kier molecular flexibility index (Phi) is 5.29. The molecule has 0 aliphatic heterocycles. The summed E-state index contributed by atoms with van der Waals surface area (Å²) in [5.74, 6) is -2.35. The Morgan fingerprint density at radius 3 is 1.89 bits per heavy atom. The average molecular weight is 281 g/mol. The van der Waals surface area contributed by atoms with Gasteiger partial charge in [0.05, 0.1) is 5.56 Å². The van der Waals surface area contributed by atoms with Crippen molar-refractivity contribution in [1.82, 2.24) is 5.32 Å². The fourth-order valence-electron chi connectivity index (χ4n) is 1.76. The standard InChI is InChI=1S/C13H16F5N/c1-3-9(4-2)19-7-10-11(14)5-8(6-12(10)15)13(16,17)18/h5-6,9,19H,3-4,7H2,1-2H3. The van der Waals surface area contributed by atoms with E-state index < -0.39 is 23.4 Å². The molecule has 0 aromatic heterocycles. The highest BCUT2D eigenvalue weighted by Gasteiger charge is 2.32. The van der Waals surface area contributed by atoms with Gasteiger partial charge in [0.25, 0.3) is 0 Å². The van der Waals surface area contributed by atoms with Crippen molar-refractivity contribution >= 4 is 0 Å². The maximum Gasteiger partial charge on any atom is 0.416 e. The molecule has 0 radical (unpaired) electrons. The largest absolute Gasteiger partial charge is 0.416 e. The van der Waals surface area contributed by atoms with Gasteiger partial charge in [0.1, 0.15) is 11.6 Å². The zero-order valence-corrected chi connectivity index (χ0v) is 10.7. The van der Waals surface area contributed by atoms with Gasteiger partial charge in [0.2, 0.25) is 0 Å². The molecule has 0 spiro atoms. The maximum absolute atomic E-state index is 13.5. The first-order valence-corrected chi connectivity index (χ1v) is 6.08. The second-order valence-corrected chi connectivity index (χ2v) is 4.31. The van der Waals surface area contributed by atoms with Gasteiger partial charge in [-0.25, -0.2) is 8.78 Å². The maximum atomic E-state index is 13.5. The third kappa shape index (κ3) is 4.16. The molecule has 0 saturated carbocycles. The predicted molar refractivity (Wildman–Crippen MR) is 62.6 cm³/mol. The number of nitrogens with one attached hydrogen (secondary N) is 1. The third-order valence-electron chi connectivity index (χ3n) is 3.02. The molecule has 0 heterocycles. The summed E-state index contributed by atoms with van der Waals surface area (Å²) in [4.78, 5) is 0. The monoisotopic (exact) mass is 281 g/mol. The van der Waals surface area contributed by atoms with Gasteiger partial charge >= 0.3 is 6.18 Å². The van der Waals surface area contributed by atoms with E-state index in [9.17, 15) is 22.0 Å². The molecule has 0 atom stereocenters. The van der Waals surface area contributed by atoms with Gasteiger partial charge in [0, 0.05) is 18.2 Å². The van der Waals surface area contributed by atoms with Crippen LogP contribution < -0.4 is 5.32 Å². The van der Waals surface area contributed by atoms with Crippen LogP contribution in [0, 0.1) is 11.6 Å². The van der Waals surface area contributed by atoms with Crippen molar-refractivity contribution in [1.29, 1.82) is 0 Å². The molecule has 108 valence electrons. The van der Waals surface area contributed by atoms with Gasteiger partial charge < -0.3 is 5.32 Å². The summed E-state index contributed by atoms with van der Waals surface area (Å²) in [5.41, 5.74) is -1.67. The summed E-state index contributed by atoms with van der Waals surface area (Å²) in [5, 5.41) is 2.91. The lowest BCUT2D eigenvalue weighted by Crippen LogP contribution is -2.28. The Labute approximate surface area is 108 Å². The van der Waals surface area contributed by atoms with E-state index in [4.69, 9.17) is 0 Å². The molecular formula is C13H16F5N. The number of hydrogen-bond acceptors (Lipinski definition) is 1. The summed E-state index contributed by atoms with van der Waals surface area (Å²) in [6, 6.07) is 0.737. The van der Waals surface area contributed by atoms with Crippen molar-refractivity contribution in [2.24, 2.45) is 0 Å². The van der Waals surface area contributed by atoms with Gasteiger partial charge in [-0.3, -0.25) is 0 Å². The second-order valence-electron chi connectivity index (χ2n) is 4.31. The third-order valence-corrected chi connectivity index (χ3v) is 3.02. The summed E-state index contributed by atoms with van der Waals surface area (Å²) in [6.45, 7) is 3.71. The van der Waals surface area contributed by atoms with Crippen molar-refractivity contribution in [3.8, 4) is 0 Å². The van der Waals surface area contributed by atoms with Gasteiger partial charge in [-0.05, 0) is 25.0 Å². The van der Waals surface area contributed by atoms with Crippen LogP contribution in [0.5, 0.6) is 0 Å². The molecule has 1 N–H and O–H groups in total. The van der Waals surface area contributed by atoms with Crippen LogP contribution in [0.25, 0.3) is 0 Å². The lowest BCUT2D eigenvalue weighted by molar-refractivity contribution is -0.138. The van der Waals surface area contributed by atoms with Crippen LogP contribution in [0.15, 0.2) is 12.1 Å². The van der Waals surface area contributed by atoms with Crippen molar-refractivity contribution < 1.29 is 22.0 Å². The lowest BCUT2D eigenvalue weighted by Gasteiger charge is -2.16. The van der Waals surface area contributed by atoms with Crippen molar-refractivity contribution in [3.63, 3.8) is 0 Å². The van der Waals surface area contributed by atoms with Gasteiger partial charge in [-0.1, -0.05) is 13.8 Å². The Hall–Kier alpha value is -1.17. The molecule has 0 amide bonds. The molecule has 0 saturated heterocycles. The van der Waals surface area contributed by atoms with E-state index in [1.807, 2.05) is 13.8 Å². The van der Waals surface area contributed by atoms with Crippen LogP contribution in [-0.4, -0.2) is 6.04 Å². The van der Waals surface area contributed by atoms with Crippen LogP contribution in [-0.2, 0) is 12.7 Å². The van der Waals surface area contributed by atoms with Crippen molar-refractivity contribution in [2.75, 3.05) is 0 Å². The van der Waals surface area contributed by atoms with E-state index >= 15 is 0 Å². The van der Waals surface area contributed by atoms with Crippen LogP contribution >= 0.6 is 0 Å². The number of benzene rings is 1. The normalized spacial score (nSPS) is 12.2. The van der Waals surface area contributed by atoms with Crippen LogP contribution in [0.3, 0.4) is 0 Å². The molecule has 1 rings (SSSR count). The molecule has 0 unspecified atom stereocenters. The van der Waals surface area contributed by atoms with E-state index in [2.05, 4.69) is 5.32 Å². The van der Waals surface area contributed by atoms with E-state index in [0.29, 0.717) is 12.1 Å². The molecule has 19 heavy (non-hydrogen) atoms. The smallest absolute Gasteiger partial charge is 0.310 e. The van der Waals surface area contributed by atoms with E-state index in [1.54, 1.807) is 0 Å². The molecule has 0 aliphatic rings. The quantitative estimate of drug-likeness (QED) is 0.795. The summed E-state index contributed by atoms with van der Waals surface area (Å²) >= 11 is 0. The van der Waals surface area contributed by atoms with E-state index in [1.165, 1.54) is 0 Å². The topological polar surface area (TPSA) is 12.0 Å². The number of halogens is 5. The molecule has 1 nitrogen and oxygen atoms in total. The zero-order valence-electron chi connectivity index (χ0n) is 10.7. The van der Waals surface area contributed by atoms with Crippen molar-refractivity contribution in [3.05, 3.63) is 34.9 Å². The van der Waals surface area contributed by atoms with Gasteiger partial charge in [0.15, 0.2) is 0 Å². The van der Waals surface area contributed by atoms with E-state index in [0.717, 1.165) is 12.8 Å². The minimum absolute atomic E-state index is 0.0843. The Morgan fingerprint density at radius 1 is 1.05 bits per heavy atom. The second kappa shape index (κ2) is 6.32. The molecule has 1 aromatic rings. The van der Waals surface area contributed by atoms with Gasteiger partial charge in [-0.15, -0.1) is 0 Å². The fourth-order valence-corrected chi connectivity index (χ4v) is 1.76. The minimum atomic E-state index is -4.75. The molecule has 0 bridgehead atoms. The average Bonchev–Trinajstić information content (AvgIpc) is 2.31. The first-order valence-electron chi connectivity index (χ1n) is 6.08. The molecular weight excluding hydrogens is 265 g/mol. The first-order chi connectivity index (χ1) is 8.79. The van der Waals surface area contributed by atoms with E-state index in [-0.39, 0.29) is 18.2 Å². The molecule has 0 fully saturated rings.